The molecule has 1 aromatic heterocycles. The predicted molar refractivity (Wildman–Crippen MR) is 121 cm³/mol. The largest absolute Gasteiger partial charge is 0.342 e. The first-order chi connectivity index (χ1) is 14.7. The summed E-state index contributed by atoms with van der Waals surface area (Å²) in [6.45, 7) is 3.84. The van der Waals surface area contributed by atoms with Crippen LogP contribution in [0.5, 0.6) is 0 Å². The topological polar surface area (TPSA) is 51.0 Å². The number of likely N-dealkylation sites (tertiary alicyclic amines) is 1. The van der Waals surface area contributed by atoms with Crippen molar-refractivity contribution >= 4 is 17.7 Å². The van der Waals surface area contributed by atoms with Gasteiger partial charge in [0.1, 0.15) is 5.82 Å². The Morgan fingerprint density at radius 3 is 2.47 bits per heavy atom. The number of hydrogen-bond acceptors (Lipinski definition) is 4. The number of hydrogen-bond donors (Lipinski definition) is 0. The fourth-order valence-electron chi connectivity index (χ4n) is 3.85. The summed E-state index contributed by atoms with van der Waals surface area (Å²) in [6, 6.07) is 18.6. The van der Waals surface area contributed by atoms with Gasteiger partial charge in [-0.15, -0.1) is 10.2 Å². The van der Waals surface area contributed by atoms with Crippen LogP contribution in [0.15, 0.2) is 59.8 Å². The number of aromatic nitrogens is 3. The van der Waals surface area contributed by atoms with Gasteiger partial charge < -0.3 is 4.90 Å². The average molecular weight is 421 g/mol. The first-order valence-electron chi connectivity index (χ1n) is 10.7. The highest BCUT2D eigenvalue weighted by molar-refractivity contribution is 7.99. The predicted octanol–water partition coefficient (Wildman–Crippen LogP) is 4.66. The third-order valence-electron chi connectivity index (χ3n) is 5.45. The summed E-state index contributed by atoms with van der Waals surface area (Å²) in [6.07, 6.45) is 5.36. The number of rotatable bonds is 6. The highest BCUT2D eigenvalue weighted by Crippen LogP contribution is 2.25. The molecule has 5 nitrogen and oxygen atoms in total. The van der Waals surface area contributed by atoms with Crippen LogP contribution < -0.4 is 0 Å². The molecule has 30 heavy (non-hydrogen) atoms. The summed E-state index contributed by atoms with van der Waals surface area (Å²) in [7, 11) is 0. The van der Waals surface area contributed by atoms with E-state index in [4.69, 9.17) is 0 Å². The van der Waals surface area contributed by atoms with Gasteiger partial charge >= 0.3 is 0 Å². The second-order valence-electron chi connectivity index (χ2n) is 7.82. The van der Waals surface area contributed by atoms with Crippen molar-refractivity contribution in [1.82, 2.24) is 19.7 Å². The Balaban J connectivity index is 1.57. The molecule has 0 bridgehead atoms. The number of amides is 1. The lowest BCUT2D eigenvalue weighted by Crippen LogP contribution is -2.33. The third-order valence-corrected chi connectivity index (χ3v) is 6.36. The molecule has 0 N–H and O–H groups in total. The zero-order valence-electron chi connectivity index (χ0n) is 17.5. The van der Waals surface area contributed by atoms with Crippen molar-refractivity contribution in [2.45, 2.75) is 44.2 Å². The Labute approximate surface area is 182 Å². The number of aryl methyl sites for hydroxylation is 1. The number of carbonyl (C=O) groups is 1. The Morgan fingerprint density at radius 1 is 0.967 bits per heavy atom. The van der Waals surface area contributed by atoms with E-state index in [1.54, 1.807) is 0 Å². The molecule has 1 aliphatic rings. The molecular weight excluding hydrogens is 392 g/mol. The molecule has 0 atom stereocenters. The van der Waals surface area contributed by atoms with Crippen molar-refractivity contribution in [1.29, 1.82) is 0 Å². The minimum atomic E-state index is 0.199. The fourth-order valence-corrected chi connectivity index (χ4v) is 4.72. The van der Waals surface area contributed by atoms with E-state index >= 15 is 0 Å². The second-order valence-corrected chi connectivity index (χ2v) is 8.76. The molecule has 0 saturated carbocycles. The van der Waals surface area contributed by atoms with E-state index in [1.807, 2.05) is 29.2 Å². The van der Waals surface area contributed by atoms with E-state index in [1.165, 1.54) is 35.7 Å². The summed E-state index contributed by atoms with van der Waals surface area (Å²) in [5, 5.41) is 9.72. The molecule has 3 aromatic rings. The maximum absolute atomic E-state index is 12.8. The summed E-state index contributed by atoms with van der Waals surface area (Å²) in [5.74, 6) is 1.48. The van der Waals surface area contributed by atoms with Crippen molar-refractivity contribution in [3.05, 3.63) is 71.5 Å². The van der Waals surface area contributed by atoms with Gasteiger partial charge in [-0.3, -0.25) is 9.36 Å². The molecule has 1 aliphatic heterocycles. The van der Waals surface area contributed by atoms with Crippen LogP contribution in [0.3, 0.4) is 0 Å². The number of thioether (sulfide) groups is 1. The van der Waals surface area contributed by atoms with Crippen LogP contribution in [0.2, 0.25) is 0 Å². The monoisotopic (exact) mass is 420 g/mol. The molecule has 0 spiro atoms. The molecule has 2 heterocycles. The van der Waals surface area contributed by atoms with E-state index in [0.717, 1.165) is 42.6 Å². The lowest BCUT2D eigenvalue weighted by Gasteiger charge is -2.20. The van der Waals surface area contributed by atoms with Crippen LogP contribution in [-0.2, 0) is 11.2 Å². The Bertz CT molecular complexity index is 978. The molecule has 1 amide bonds. The Kier molecular flexibility index (Phi) is 6.84. The van der Waals surface area contributed by atoms with Gasteiger partial charge in [0.2, 0.25) is 5.91 Å². The standard InChI is InChI=1S/C24H28N4OS/c1-19-10-9-13-21(16-19)28-22(17-20-11-5-4-6-12-20)25-26-24(28)30-18-23(29)27-14-7-2-3-8-15-27/h4-6,9-13,16H,2-3,7-8,14-15,17-18H2,1H3. The number of carbonyl (C=O) groups excluding carboxylic acids is 1. The summed E-state index contributed by atoms with van der Waals surface area (Å²) >= 11 is 1.49. The fraction of sp³-hybridized carbons (Fsp3) is 0.375. The first-order valence-corrected chi connectivity index (χ1v) is 11.6. The van der Waals surface area contributed by atoms with Gasteiger partial charge in [-0.25, -0.2) is 0 Å². The summed E-state index contributed by atoms with van der Waals surface area (Å²) in [4.78, 5) is 14.8. The highest BCUT2D eigenvalue weighted by atomic mass is 32.2. The van der Waals surface area contributed by atoms with Gasteiger partial charge in [0.05, 0.1) is 5.75 Å². The molecule has 4 rings (SSSR count). The Hall–Kier alpha value is -2.60. The zero-order chi connectivity index (χ0) is 20.8. The maximum atomic E-state index is 12.8. The van der Waals surface area contributed by atoms with Crippen LogP contribution in [0.1, 0.15) is 42.6 Å². The van der Waals surface area contributed by atoms with Crippen LogP contribution in [-0.4, -0.2) is 44.4 Å². The number of benzene rings is 2. The summed E-state index contributed by atoms with van der Waals surface area (Å²) < 4.78 is 2.10. The quantitative estimate of drug-likeness (QED) is 0.544. The van der Waals surface area contributed by atoms with E-state index in [2.05, 4.69) is 52.0 Å². The van der Waals surface area contributed by atoms with Crippen LogP contribution in [0.25, 0.3) is 5.69 Å². The second kappa shape index (κ2) is 9.94. The highest BCUT2D eigenvalue weighted by Gasteiger charge is 2.19. The molecule has 1 saturated heterocycles. The minimum absolute atomic E-state index is 0.199. The molecule has 0 unspecified atom stereocenters. The lowest BCUT2D eigenvalue weighted by molar-refractivity contribution is -0.128. The van der Waals surface area contributed by atoms with Crippen LogP contribution >= 0.6 is 11.8 Å². The molecule has 0 radical (unpaired) electrons. The third kappa shape index (κ3) is 5.11. The van der Waals surface area contributed by atoms with E-state index in [0.29, 0.717) is 12.2 Å². The summed E-state index contributed by atoms with van der Waals surface area (Å²) in [5.41, 5.74) is 3.41. The van der Waals surface area contributed by atoms with Crippen molar-refractivity contribution < 1.29 is 4.79 Å². The molecule has 6 heteroatoms. The van der Waals surface area contributed by atoms with Gasteiger partial charge in [-0.05, 0) is 43.0 Å². The van der Waals surface area contributed by atoms with Crippen LogP contribution in [0.4, 0.5) is 0 Å². The van der Waals surface area contributed by atoms with Crippen molar-refractivity contribution in [3.63, 3.8) is 0 Å². The van der Waals surface area contributed by atoms with E-state index < -0.39 is 0 Å². The van der Waals surface area contributed by atoms with Crippen LogP contribution in [0, 0.1) is 6.92 Å². The van der Waals surface area contributed by atoms with Gasteiger partial charge in [0.15, 0.2) is 5.16 Å². The van der Waals surface area contributed by atoms with Crippen molar-refractivity contribution in [2.75, 3.05) is 18.8 Å². The molecule has 1 fully saturated rings. The normalized spacial score (nSPS) is 14.5. The van der Waals surface area contributed by atoms with Gasteiger partial charge in [0, 0.05) is 25.2 Å². The van der Waals surface area contributed by atoms with Crippen molar-refractivity contribution in [2.24, 2.45) is 0 Å². The van der Waals surface area contributed by atoms with Gasteiger partial charge in [-0.1, -0.05) is 67.1 Å². The molecule has 2 aromatic carbocycles. The maximum Gasteiger partial charge on any atom is 0.233 e. The zero-order valence-corrected chi connectivity index (χ0v) is 18.3. The lowest BCUT2D eigenvalue weighted by atomic mass is 10.1. The average Bonchev–Trinajstić information content (AvgIpc) is 2.96. The van der Waals surface area contributed by atoms with Gasteiger partial charge in [-0.2, -0.15) is 0 Å². The molecular formula is C24H28N4OS. The number of nitrogens with zero attached hydrogens (tertiary/aromatic N) is 4. The minimum Gasteiger partial charge on any atom is -0.342 e. The van der Waals surface area contributed by atoms with Gasteiger partial charge in [0.25, 0.3) is 0 Å². The molecule has 0 aliphatic carbocycles. The Morgan fingerprint density at radius 2 is 1.73 bits per heavy atom. The SMILES string of the molecule is Cc1cccc(-n2c(Cc3ccccc3)nnc2SCC(=O)N2CCCCCC2)c1. The smallest absolute Gasteiger partial charge is 0.233 e. The van der Waals surface area contributed by atoms with E-state index in [-0.39, 0.29) is 5.91 Å². The molecule has 156 valence electrons. The first kappa shape index (κ1) is 20.7. The van der Waals surface area contributed by atoms with Crippen molar-refractivity contribution in [3.8, 4) is 5.69 Å². The van der Waals surface area contributed by atoms with E-state index in [9.17, 15) is 4.79 Å².